The van der Waals surface area contributed by atoms with Gasteiger partial charge in [0.25, 0.3) is 0 Å². The number of hydrogen-bond acceptors (Lipinski definition) is 4. The highest BCUT2D eigenvalue weighted by atomic mass is 16.5. The van der Waals surface area contributed by atoms with E-state index in [4.69, 9.17) is 19.9 Å². The number of nitrogens with two attached hydrogens (primary N) is 1. The molecule has 0 aromatic heterocycles. The van der Waals surface area contributed by atoms with Crippen LogP contribution in [-0.4, -0.2) is 26.9 Å². The first-order chi connectivity index (χ1) is 11.9. The van der Waals surface area contributed by atoms with E-state index >= 15 is 0 Å². The van der Waals surface area contributed by atoms with Gasteiger partial charge in [0.1, 0.15) is 19.0 Å². The first-order valence-electron chi connectivity index (χ1n) is 8.67. The van der Waals surface area contributed by atoms with Crippen LogP contribution in [0.1, 0.15) is 31.9 Å². The largest absolute Gasteiger partial charge is 0.493 e. The van der Waals surface area contributed by atoms with Crippen molar-refractivity contribution in [2.75, 3.05) is 26.9 Å². The van der Waals surface area contributed by atoms with E-state index < -0.39 is 0 Å². The van der Waals surface area contributed by atoms with Crippen LogP contribution in [0.4, 0.5) is 0 Å². The molecule has 0 aliphatic rings. The van der Waals surface area contributed by atoms with E-state index in [2.05, 4.69) is 32.9 Å². The minimum absolute atomic E-state index is 0.147. The SMILES string of the molecule is COc1cc(CCN)ccc1OCCOc1ccc(C(C)(C)C)cc1. The normalized spacial score (nSPS) is 11.2. The summed E-state index contributed by atoms with van der Waals surface area (Å²) in [7, 11) is 1.64. The van der Waals surface area contributed by atoms with Gasteiger partial charge in [0.2, 0.25) is 0 Å². The Kier molecular flexibility index (Phi) is 6.71. The van der Waals surface area contributed by atoms with Gasteiger partial charge in [0, 0.05) is 0 Å². The minimum atomic E-state index is 0.147. The monoisotopic (exact) mass is 343 g/mol. The van der Waals surface area contributed by atoms with Gasteiger partial charge in [-0.05, 0) is 53.8 Å². The molecule has 2 N–H and O–H groups in total. The van der Waals surface area contributed by atoms with Crippen molar-refractivity contribution in [2.45, 2.75) is 32.6 Å². The molecule has 0 unspecified atom stereocenters. The second-order valence-corrected chi connectivity index (χ2v) is 7.00. The molecular weight excluding hydrogens is 314 g/mol. The van der Waals surface area contributed by atoms with Crippen LogP contribution in [0.5, 0.6) is 17.2 Å². The lowest BCUT2D eigenvalue weighted by Gasteiger charge is -2.19. The molecule has 0 aliphatic heterocycles. The molecule has 0 bridgehead atoms. The van der Waals surface area contributed by atoms with Crippen molar-refractivity contribution in [1.29, 1.82) is 0 Å². The Morgan fingerprint density at radius 2 is 1.56 bits per heavy atom. The maximum absolute atomic E-state index is 5.78. The van der Waals surface area contributed by atoms with Crippen LogP contribution in [0.2, 0.25) is 0 Å². The molecule has 4 nitrogen and oxygen atoms in total. The highest BCUT2D eigenvalue weighted by Crippen LogP contribution is 2.28. The number of rotatable bonds is 8. The highest BCUT2D eigenvalue weighted by molar-refractivity contribution is 5.43. The lowest BCUT2D eigenvalue weighted by atomic mass is 9.87. The molecular formula is C21H29NO3. The Hall–Kier alpha value is -2.20. The lowest BCUT2D eigenvalue weighted by molar-refractivity contribution is 0.211. The van der Waals surface area contributed by atoms with Gasteiger partial charge in [-0.25, -0.2) is 0 Å². The fraction of sp³-hybridized carbons (Fsp3) is 0.429. The summed E-state index contributed by atoms with van der Waals surface area (Å²) in [5.41, 5.74) is 8.17. The Balaban J connectivity index is 1.85. The zero-order valence-electron chi connectivity index (χ0n) is 15.7. The average Bonchev–Trinajstić information content (AvgIpc) is 2.59. The van der Waals surface area contributed by atoms with Crippen molar-refractivity contribution in [1.82, 2.24) is 0 Å². The summed E-state index contributed by atoms with van der Waals surface area (Å²) in [6.07, 6.45) is 0.824. The fourth-order valence-electron chi connectivity index (χ4n) is 2.52. The van der Waals surface area contributed by atoms with Gasteiger partial charge >= 0.3 is 0 Å². The van der Waals surface area contributed by atoms with E-state index in [9.17, 15) is 0 Å². The zero-order valence-corrected chi connectivity index (χ0v) is 15.7. The van der Waals surface area contributed by atoms with E-state index in [-0.39, 0.29) is 5.41 Å². The summed E-state index contributed by atoms with van der Waals surface area (Å²) < 4.78 is 16.9. The van der Waals surface area contributed by atoms with E-state index in [0.717, 1.165) is 29.2 Å². The third kappa shape index (κ3) is 5.68. The van der Waals surface area contributed by atoms with Crippen molar-refractivity contribution in [3.63, 3.8) is 0 Å². The van der Waals surface area contributed by atoms with Gasteiger partial charge in [-0.1, -0.05) is 39.0 Å². The van der Waals surface area contributed by atoms with E-state index in [0.29, 0.717) is 19.8 Å². The molecule has 0 saturated heterocycles. The van der Waals surface area contributed by atoms with E-state index in [1.807, 2.05) is 30.3 Å². The van der Waals surface area contributed by atoms with Crippen LogP contribution in [0.3, 0.4) is 0 Å². The van der Waals surface area contributed by atoms with Crippen LogP contribution in [0, 0.1) is 0 Å². The molecule has 0 atom stereocenters. The van der Waals surface area contributed by atoms with Gasteiger partial charge in [0.05, 0.1) is 7.11 Å². The molecule has 0 radical (unpaired) electrons. The van der Waals surface area contributed by atoms with Gasteiger partial charge in [0.15, 0.2) is 11.5 Å². The third-order valence-electron chi connectivity index (χ3n) is 3.99. The first kappa shape index (κ1) is 19.1. The van der Waals surface area contributed by atoms with Crippen LogP contribution < -0.4 is 19.9 Å². The summed E-state index contributed by atoms with van der Waals surface area (Å²) in [6, 6.07) is 14.1. The van der Waals surface area contributed by atoms with Crippen LogP contribution in [0.25, 0.3) is 0 Å². The molecule has 0 amide bonds. The molecule has 25 heavy (non-hydrogen) atoms. The van der Waals surface area contributed by atoms with E-state index in [1.165, 1.54) is 5.56 Å². The summed E-state index contributed by atoms with van der Waals surface area (Å²) in [5.74, 6) is 2.29. The maximum atomic E-state index is 5.78. The molecule has 0 spiro atoms. The van der Waals surface area contributed by atoms with Crippen molar-refractivity contribution in [3.05, 3.63) is 53.6 Å². The standard InChI is InChI=1S/C21H29NO3/c1-21(2,3)17-6-8-18(9-7-17)24-13-14-25-19-10-5-16(11-12-22)15-20(19)23-4/h5-10,15H,11-14,22H2,1-4H3. The summed E-state index contributed by atoms with van der Waals surface area (Å²) in [4.78, 5) is 0. The smallest absolute Gasteiger partial charge is 0.161 e. The second-order valence-electron chi connectivity index (χ2n) is 7.00. The lowest BCUT2D eigenvalue weighted by Crippen LogP contribution is -2.12. The van der Waals surface area contributed by atoms with Crippen molar-refractivity contribution >= 4 is 0 Å². The van der Waals surface area contributed by atoms with Crippen molar-refractivity contribution in [2.24, 2.45) is 5.73 Å². The Morgan fingerprint density at radius 1 is 0.880 bits per heavy atom. The molecule has 0 aliphatic carbocycles. The number of methoxy groups -OCH3 is 1. The molecule has 0 saturated carbocycles. The Labute approximate surface area is 150 Å². The summed E-state index contributed by atoms with van der Waals surface area (Å²) in [5, 5.41) is 0. The van der Waals surface area contributed by atoms with Crippen molar-refractivity contribution < 1.29 is 14.2 Å². The van der Waals surface area contributed by atoms with Gasteiger partial charge < -0.3 is 19.9 Å². The molecule has 0 heterocycles. The van der Waals surface area contributed by atoms with Crippen LogP contribution in [0.15, 0.2) is 42.5 Å². The highest BCUT2D eigenvalue weighted by Gasteiger charge is 2.13. The van der Waals surface area contributed by atoms with Gasteiger partial charge in [-0.2, -0.15) is 0 Å². The Bertz CT molecular complexity index is 660. The summed E-state index contributed by atoms with van der Waals surface area (Å²) in [6.45, 7) is 8.14. The average molecular weight is 343 g/mol. The molecule has 136 valence electrons. The first-order valence-corrected chi connectivity index (χ1v) is 8.67. The zero-order chi connectivity index (χ0) is 18.3. The third-order valence-corrected chi connectivity index (χ3v) is 3.99. The molecule has 2 rings (SSSR count). The summed E-state index contributed by atoms with van der Waals surface area (Å²) >= 11 is 0. The quantitative estimate of drug-likeness (QED) is 0.737. The number of ether oxygens (including phenoxy) is 3. The molecule has 4 heteroatoms. The molecule has 0 fully saturated rings. The topological polar surface area (TPSA) is 53.7 Å². The second kappa shape index (κ2) is 8.77. The number of hydrogen-bond donors (Lipinski definition) is 1. The molecule has 2 aromatic rings. The number of benzene rings is 2. The predicted octanol–water partition coefficient (Wildman–Crippen LogP) is 3.95. The predicted molar refractivity (Wildman–Crippen MR) is 102 cm³/mol. The van der Waals surface area contributed by atoms with Gasteiger partial charge in [-0.3, -0.25) is 0 Å². The van der Waals surface area contributed by atoms with Crippen molar-refractivity contribution in [3.8, 4) is 17.2 Å². The maximum Gasteiger partial charge on any atom is 0.161 e. The minimum Gasteiger partial charge on any atom is -0.493 e. The van der Waals surface area contributed by atoms with E-state index in [1.54, 1.807) is 7.11 Å². The Morgan fingerprint density at radius 3 is 2.16 bits per heavy atom. The van der Waals surface area contributed by atoms with Crippen LogP contribution >= 0.6 is 0 Å². The fourth-order valence-corrected chi connectivity index (χ4v) is 2.52. The van der Waals surface area contributed by atoms with Crippen LogP contribution in [-0.2, 0) is 11.8 Å². The molecule has 2 aromatic carbocycles. The van der Waals surface area contributed by atoms with Gasteiger partial charge in [-0.15, -0.1) is 0 Å².